The fourth-order valence-corrected chi connectivity index (χ4v) is 2.65. The smallest absolute Gasteiger partial charge is 0.255 e. The van der Waals surface area contributed by atoms with E-state index in [4.69, 9.17) is 0 Å². The maximum absolute atomic E-state index is 12.6. The molecule has 130 valence electrons. The van der Waals surface area contributed by atoms with Gasteiger partial charge in [0.05, 0.1) is 23.4 Å². The summed E-state index contributed by atoms with van der Waals surface area (Å²) in [5, 5.41) is 2.79. The first-order valence-corrected chi connectivity index (χ1v) is 8.24. The lowest BCUT2D eigenvalue weighted by Crippen LogP contribution is -2.47. The number of likely N-dealkylation sites (N-methyl/N-ethyl adjacent to an activating group) is 1. The molecule has 0 atom stereocenters. The van der Waals surface area contributed by atoms with Gasteiger partial charge in [0, 0.05) is 44.8 Å². The first kappa shape index (κ1) is 17.0. The number of aromatic nitrogens is 2. The van der Waals surface area contributed by atoms with Crippen molar-refractivity contribution in [3.05, 3.63) is 59.7 Å². The molecule has 2 amide bonds. The average molecular weight is 339 g/mol. The minimum atomic E-state index is -0.272. The Balaban J connectivity index is 1.64. The number of rotatable bonds is 4. The van der Waals surface area contributed by atoms with Crippen LogP contribution in [0.15, 0.2) is 42.9 Å². The third-order valence-corrected chi connectivity index (χ3v) is 4.19. The van der Waals surface area contributed by atoms with E-state index < -0.39 is 0 Å². The molecule has 0 spiro atoms. The number of pyridine rings is 2. The van der Waals surface area contributed by atoms with E-state index in [2.05, 4.69) is 20.2 Å². The Bertz CT molecular complexity index is 742. The molecule has 3 rings (SSSR count). The van der Waals surface area contributed by atoms with Gasteiger partial charge in [-0.2, -0.15) is 0 Å². The highest BCUT2D eigenvalue weighted by Crippen LogP contribution is 2.09. The van der Waals surface area contributed by atoms with E-state index in [1.807, 2.05) is 25.2 Å². The van der Waals surface area contributed by atoms with Crippen molar-refractivity contribution in [3.63, 3.8) is 0 Å². The molecule has 0 radical (unpaired) electrons. The fourth-order valence-electron chi connectivity index (χ4n) is 2.65. The van der Waals surface area contributed by atoms with Crippen molar-refractivity contribution < 1.29 is 9.59 Å². The standard InChI is InChI=1S/C18H21N5O2/c1-22-6-8-23(9-7-22)18(25)15-10-14(11-19-12-15)17(24)21-13-16-4-2-3-5-20-16/h2-5,10-12H,6-9,13H2,1H3,(H,21,24). The molecule has 0 unspecified atom stereocenters. The van der Waals surface area contributed by atoms with E-state index in [0.29, 0.717) is 30.8 Å². The van der Waals surface area contributed by atoms with Gasteiger partial charge in [-0.1, -0.05) is 6.07 Å². The number of hydrogen-bond acceptors (Lipinski definition) is 5. The quantitative estimate of drug-likeness (QED) is 0.891. The van der Waals surface area contributed by atoms with Crippen LogP contribution >= 0.6 is 0 Å². The molecule has 1 saturated heterocycles. The zero-order valence-corrected chi connectivity index (χ0v) is 14.2. The summed E-state index contributed by atoms with van der Waals surface area (Å²) in [5.41, 5.74) is 1.58. The molecule has 1 N–H and O–H groups in total. The van der Waals surface area contributed by atoms with Crippen molar-refractivity contribution in [1.29, 1.82) is 0 Å². The molecule has 0 bridgehead atoms. The van der Waals surface area contributed by atoms with Crippen molar-refractivity contribution in [3.8, 4) is 0 Å². The predicted molar refractivity (Wildman–Crippen MR) is 93.0 cm³/mol. The van der Waals surface area contributed by atoms with E-state index in [1.165, 1.54) is 12.4 Å². The Hall–Kier alpha value is -2.80. The summed E-state index contributed by atoms with van der Waals surface area (Å²) in [4.78, 5) is 37.1. The van der Waals surface area contributed by atoms with Crippen LogP contribution in [0.1, 0.15) is 26.4 Å². The highest BCUT2D eigenvalue weighted by Gasteiger charge is 2.21. The summed E-state index contributed by atoms with van der Waals surface area (Å²) in [6.45, 7) is 3.40. The largest absolute Gasteiger partial charge is 0.346 e. The molecule has 7 heteroatoms. The Morgan fingerprint density at radius 1 is 1.12 bits per heavy atom. The fraction of sp³-hybridized carbons (Fsp3) is 0.333. The lowest BCUT2D eigenvalue weighted by atomic mass is 10.1. The van der Waals surface area contributed by atoms with Crippen LogP contribution in [0.4, 0.5) is 0 Å². The number of nitrogens with one attached hydrogen (secondary N) is 1. The maximum atomic E-state index is 12.6. The van der Waals surface area contributed by atoms with E-state index in [0.717, 1.165) is 18.8 Å². The SMILES string of the molecule is CN1CCN(C(=O)c2cncc(C(=O)NCc3ccccn3)c2)CC1. The van der Waals surface area contributed by atoms with Gasteiger partial charge in [-0.15, -0.1) is 0 Å². The Kier molecular flexibility index (Phi) is 5.35. The van der Waals surface area contributed by atoms with Crippen molar-refractivity contribution in [1.82, 2.24) is 25.1 Å². The van der Waals surface area contributed by atoms with Crippen LogP contribution in [0.5, 0.6) is 0 Å². The van der Waals surface area contributed by atoms with Gasteiger partial charge in [0.25, 0.3) is 11.8 Å². The number of nitrogens with zero attached hydrogens (tertiary/aromatic N) is 4. The van der Waals surface area contributed by atoms with Gasteiger partial charge in [-0.05, 0) is 25.2 Å². The molecule has 1 fully saturated rings. The molecule has 3 heterocycles. The molecule has 25 heavy (non-hydrogen) atoms. The lowest BCUT2D eigenvalue weighted by molar-refractivity contribution is 0.0663. The topological polar surface area (TPSA) is 78.4 Å². The van der Waals surface area contributed by atoms with Gasteiger partial charge in [0.2, 0.25) is 0 Å². The van der Waals surface area contributed by atoms with Crippen molar-refractivity contribution in [2.45, 2.75) is 6.54 Å². The second-order valence-electron chi connectivity index (χ2n) is 6.06. The summed E-state index contributed by atoms with van der Waals surface area (Å²) in [6.07, 6.45) is 4.66. The molecule has 7 nitrogen and oxygen atoms in total. The highest BCUT2D eigenvalue weighted by molar-refractivity contribution is 5.99. The van der Waals surface area contributed by atoms with Crippen LogP contribution in [-0.4, -0.2) is 64.8 Å². The second kappa shape index (κ2) is 7.85. The van der Waals surface area contributed by atoms with Crippen molar-refractivity contribution in [2.24, 2.45) is 0 Å². The van der Waals surface area contributed by atoms with Crippen LogP contribution in [0.25, 0.3) is 0 Å². The summed E-state index contributed by atoms with van der Waals surface area (Å²) in [7, 11) is 2.04. The molecule has 1 aliphatic rings. The Labute approximate surface area is 146 Å². The molecular weight excluding hydrogens is 318 g/mol. The normalized spacial score (nSPS) is 15.0. The van der Waals surface area contributed by atoms with Gasteiger partial charge >= 0.3 is 0 Å². The number of carbonyl (C=O) groups excluding carboxylic acids is 2. The molecular formula is C18H21N5O2. The van der Waals surface area contributed by atoms with Gasteiger partial charge < -0.3 is 15.1 Å². The first-order valence-electron chi connectivity index (χ1n) is 8.24. The number of hydrogen-bond donors (Lipinski definition) is 1. The van der Waals surface area contributed by atoms with Gasteiger partial charge in [-0.25, -0.2) is 0 Å². The monoisotopic (exact) mass is 339 g/mol. The predicted octanol–water partition coefficient (Wildman–Crippen LogP) is 0.794. The molecule has 0 aromatic carbocycles. The minimum absolute atomic E-state index is 0.0834. The van der Waals surface area contributed by atoms with Crippen LogP contribution in [0, 0.1) is 0 Å². The average Bonchev–Trinajstić information content (AvgIpc) is 2.67. The van der Waals surface area contributed by atoms with E-state index in [1.54, 1.807) is 17.2 Å². The van der Waals surface area contributed by atoms with Crippen molar-refractivity contribution >= 4 is 11.8 Å². The van der Waals surface area contributed by atoms with Crippen LogP contribution in [0.3, 0.4) is 0 Å². The molecule has 0 saturated carbocycles. The number of carbonyl (C=O) groups is 2. The summed E-state index contributed by atoms with van der Waals surface area (Å²) in [5.74, 6) is -0.355. The minimum Gasteiger partial charge on any atom is -0.346 e. The third kappa shape index (κ3) is 4.39. The summed E-state index contributed by atoms with van der Waals surface area (Å²) < 4.78 is 0. The summed E-state index contributed by atoms with van der Waals surface area (Å²) >= 11 is 0. The zero-order chi connectivity index (χ0) is 17.6. The van der Waals surface area contributed by atoms with Crippen LogP contribution < -0.4 is 5.32 Å². The van der Waals surface area contributed by atoms with Crippen molar-refractivity contribution in [2.75, 3.05) is 33.2 Å². The number of amides is 2. The number of piperazine rings is 1. The lowest BCUT2D eigenvalue weighted by Gasteiger charge is -2.32. The third-order valence-electron chi connectivity index (χ3n) is 4.19. The first-order chi connectivity index (χ1) is 12.1. The second-order valence-corrected chi connectivity index (χ2v) is 6.06. The molecule has 2 aromatic rings. The van der Waals surface area contributed by atoms with Crippen LogP contribution in [0.2, 0.25) is 0 Å². The van der Waals surface area contributed by atoms with E-state index in [-0.39, 0.29) is 11.8 Å². The van der Waals surface area contributed by atoms with Gasteiger partial charge in [0.15, 0.2) is 0 Å². The molecule has 0 aliphatic carbocycles. The van der Waals surface area contributed by atoms with E-state index in [9.17, 15) is 9.59 Å². The summed E-state index contributed by atoms with van der Waals surface area (Å²) in [6, 6.07) is 7.13. The van der Waals surface area contributed by atoms with Gasteiger partial charge in [0.1, 0.15) is 0 Å². The van der Waals surface area contributed by atoms with Crippen LogP contribution in [-0.2, 0) is 6.54 Å². The maximum Gasteiger partial charge on any atom is 0.255 e. The Morgan fingerprint density at radius 2 is 1.88 bits per heavy atom. The highest BCUT2D eigenvalue weighted by atomic mass is 16.2. The molecule has 1 aliphatic heterocycles. The van der Waals surface area contributed by atoms with E-state index >= 15 is 0 Å². The zero-order valence-electron chi connectivity index (χ0n) is 14.2. The molecule has 2 aromatic heterocycles. The van der Waals surface area contributed by atoms with Gasteiger partial charge in [-0.3, -0.25) is 19.6 Å². The Morgan fingerprint density at radius 3 is 2.60 bits per heavy atom.